The van der Waals surface area contributed by atoms with Crippen LogP contribution in [0.3, 0.4) is 0 Å². The second kappa shape index (κ2) is 4.81. The van der Waals surface area contributed by atoms with Crippen LogP contribution in [0, 0.1) is 11.3 Å². The Morgan fingerprint density at radius 3 is 2.40 bits per heavy atom. The molecule has 0 spiro atoms. The van der Waals surface area contributed by atoms with Gasteiger partial charge in [-0.15, -0.1) is 0 Å². The first-order chi connectivity index (χ1) is 4.70. The van der Waals surface area contributed by atoms with Gasteiger partial charge >= 0.3 is 0 Å². The quantitative estimate of drug-likeness (QED) is 0.422. The van der Waals surface area contributed by atoms with E-state index in [2.05, 4.69) is 19.9 Å². The fourth-order valence-corrected chi connectivity index (χ4v) is 0.422. The zero-order valence-electron chi connectivity index (χ0n) is 6.81. The molecule has 0 heterocycles. The van der Waals surface area contributed by atoms with Crippen molar-refractivity contribution in [2.75, 3.05) is 0 Å². The molecule has 0 saturated heterocycles. The highest BCUT2D eigenvalue weighted by molar-refractivity contribution is 5.24. The summed E-state index contributed by atoms with van der Waals surface area (Å²) in [4.78, 5) is 0. The molecule has 10 heavy (non-hydrogen) atoms. The number of nitriles is 1. The lowest BCUT2D eigenvalue weighted by Gasteiger charge is -1.88. The SMILES string of the molecule is CCC(C)=CC=C(C)C#N. The lowest BCUT2D eigenvalue weighted by molar-refractivity contribution is 1.10. The lowest BCUT2D eigenvalue weighted by Crippen LogP contribution is -1.70. The van der Waals surface area contributed by atoms with Crippen molar-refractivity contribution in [2.45, 2.75) is 27.2 Å². The molecule has 0 aliphatic carbocycles. The largest absolute Gasteiger partial charge is 0.193 e. The number of hydrogen-bond acceptors (Lipinski definition) is 1. The lowest BCUT2D eigenvalue weighted by atomic mass is 10.2. The Balaban J connectivity index is 4.07. The highest BCUT2D eigenvalue weighted by Crippen LogP contribution is 1.99. The summed E-state index contributed by atoms with van der Waals surface area (Å²) in [6.45, 7) is 5.96. The first-order valence-corrected chi connectivity index (χ1v) is 3.44. The van der Waals surface area contributed by atoms with Gasteiger partial charge in [0.05, 0.1) is 6.07 Å². The molecule has 1 nitrogen and oxygen atoms in total. The molecule has 0 aliphatic heterocycles. The molecule has 0 amide bonds. The predicted octanol–water partition coefficient (Wildman–Crippen LogP) is 2.81. The minimum absolute atomic E-state index is 0.757. The normalized spacial score (nSPS) is 13.0. The van der Waals surface area contributed by atoms with Gasteiger partial charge < -0.3 is 0 Å². The minimum atomic E-state index is 0.757. The smallest absolute Gasteiger partial charge is 0.0944 e. The van der Waals surface area contributed by atoms with E-state index in [1.165, 1.54) is 5.57 Å². The molecule has 0 radical (unpaired) electrons. The Bertz CT molecular complexity index is 191. The molecule has 0 N–H and O–H groups in total. The van der Waals surface area contributed by atoms with E-state index < -0.39 is 0 Å². The van der Waals surface area contributed by atoms with Crippen LogP contribution in [0.2, 0.25) is 0 Å². The van der Waals surface area contributed by atoms with Crippen molar-refractivity contribution in [1.82, 2.24) is 0 Å². The molecule has 0 rings (SSSR count). The first kappa shape index (κ1) is 8.97. The summed E-state index contributed by atoms with van der Waals surface area (Å²) in [7, 11) is 0. The van der Waals surface area contributed by atoms with Crippen LogP contribution in [-0.4, -0.2) is 0 Å². The Kier molecular flexibility index (Phi) is 4.32. The highest BCUT2D eigenvalue weighted by Gasteiger charge is 1.81. The summed E-state index contributed by atoms with van der Waals surface area (Å²) in [6, 6.07) is 2.06. The summed E-state index contributed by atoms with van der Waals surface area (Å²) in [6.07, 6.45) is 4.88. The third kappa shape index (κ3) is 3.91. The van der Waals surface area contributed by atoms with Gasteiger partial charge in [-0.3, -0.25) is 0 Å². The first-order valence-electron chi connectivity index (χ1n) is 3.44. The molecular formula is C9H13N. The zero-order valence-corrected chi connectivity index (χ0v) is 6.81. The number of hydrogen-bond donors (Lipinski definition) is 0. The van der Waals surface area contributed by atoms with E-state index in [-0.39, 0.29) is 0 Å². The monoisotopic (exact) mass is 135 g/mol. The van der Waals surface area contributed by atoms with Crippen LogP contribution in [-0.2, 0) is 0 Å². The van der Waals surface area contributed by atoms with Crippen LogP contribution >= 0.6 is 0 Å². The van der Waals surface area contributed by atoms with Gasteiger partial charge in [-0.2, -0.15) is 5.26 Å². The highest BCUT2D eigenvalue weighted by atomic mass is 14.2. The van der Waals surface area contributed by atoms with Crippen molar-refractivity contribution in [3.8, 4) is 6.07 Å². The van der Waals surface area contributed by atoms with Crippen molar-refractivity contribution in [1.29, 1.82) is 5.26 Å². The van der Waals surface area contributed by atoms with Gasteiger partial charge in [0.1, 0.15) is 0 Å². The molecule has 0 fully saturated rings. The molecule has 0 aliphatic rings. The van der Waals surface area contributed by atoms with Crippen LogP contribution in [0.4, 0.5) is 0 Å². The van der Waals surface area contributed by atoms with Gasteiger partial charge in [-0.1, -0.05) is 18.6 Å². The summed E-state index contributed by atoms with van der Waals surface area (Å²) in [5, 5.41) is 8.37. The molecule has 0 aromatic heterocycles. The zero-order chi connectivity index (χ0) is 7.98. The molecule has 0 aromatic carbocycles. The maximum Gasteiger partial charge on any atom is 0.0944 e. The van der Waals surface area contributed by atoms with Crippen LogP contribution in [0.5, 0.6) is 0 Å². The Hall–Kier alpha value is -1.03. The molecular weight excluding hydrogens is 122 g/mol. The van der Waals surface area contributed by atoms with Crippen LogP contribution < -0.4 is 0 Å². The molecule has 0 atom stereocenters. The van der Waals surface area contributed by atoms with E-state index >= 15 is 0 Å². The van der Waals surface area contributed by atoms with Gasteiger partial charge in [0.15, 0.2) is 0 Å². The summed E-state index contributed by atoms with van der Waals surface area (Å²) >= 11 is 0. The fraction of sp³-hybridized carbons (Fsp3) is 0.444. The third-order valence-corrected chi connectivity index (χ3v) is 1.35. The number of allylic oxidation sites excluding steroid dienone is 4. The molecule has 0 bridgehead atoms. The van der Waals surface area contributed by atoms with E-state index in [1.807, 2.05) is 12.2 Å². The topological polar surface area (TPSA) is 23.8 Å². The van der Waals surface area contributed by atoms with E-state index in [1.54, 1.807) is 6.92 Å². The molecule has 0 aromatic rings. The molecule has 0 unspecified atom stereocenters. The van der Waals surface area contributed by atoms with Gasteiger partial charge in [0.2, 0.25) is 0 Å². The van der Waals surface area contributed by atoms with Gasteiger partial charge in [0.25, 0.3) is 0 Å². The van der Waals surface area contributed by atoms with Gasteiger partial charge in [0, 0.05) is 5.57 Å². The molecule has 1 heteroatoms. The Morgan fingerprint density at radius 1 is 1.40 bits per heavy atom. The summed E-state index contributed by atoms with van der Waals surface area (Å²) in [5.41, 5.74) is 2.06. The summed E-state index contributed by atoms with van der Waals surface area (Å²) in [5.74, 6) is 0. The van der Waals surface area contributed by atoms with Crippen molar-refractivity contribution < 1.29 is 0 Å². The third-order valence-electron chi connectivity index (χ3n) is 1.35. The van der Waals surface area contributed by atoms with Crippen molar-refractivity contribution >= 4 is 0 Å². The van der Waals surface area contributed by atoms with Crippen LogP contribution in [0.15, 0.2) is 23.3 Å². The maximum absolute atomic E-state index is 8.37. The van der Waals surface area contributed by atoms with Crippen molar-refractivity contribution in [3.05, 3.63) is 23.3 Å². The second-order valence-electron chi connectivity index (χ2n) is 2.33. The average Bonchev–Trinajstić information content (AvgIpc) is 1.99. The van der Waals surface area contributed by atoms with E-state index in [9.17, 15) is 0 Å². The van der Waals surface area contributed by atoms with Crippen LogP contribution in [0.25, 0.3) is 0 Å². The number of rotatable bonds is 2. The van der Waals surface area contributed by atoms with Gasteiger partial charge in [-0.05, 0) is 26.3 Å². The van der Waals surface area contributed by atoms with Crippen molar-refractivity contribution in [3.63, 3.8) is 0 Å². The predicted molar refractivity (Wildman–Crippen MR) is 43.4 cm³/mol. The van der Waals surface area contributed by atoms with Crippen molar-refractivity contribution in [2.24, 2.45) is 0 Å². The standard InChI is InChI=1S/C9H13N/c1-4-8(2)5-6-9(3)7-10/h5-6H,4H2,1-3H3. The Morgan fingerprint density at radius 2 is 2.00 bits per heavy atom. The summed E-state index contributed by atoms with van der Waals surface area (Å²) < 4.78 is 0. The van der Waals surface area contributed by atoms with E-state index in [0.29, 0.717) is 0 Å². The maximum atomic E-state index is 8.37. The molecule has 54 valence electrons. The second-order valence-corrected chi connectivity index (χ2v) is 2.33. The Labute approximate surface area is 62.7 Å². The van der Waals surface area contributed by atoms with E-state index in [4.69, 9.17) is 5.26 Å². The fourth-order valence-electron chi connectivity index (χ4n) is 0.422. The van der Waals surface area contributed by atoms with Gasteiger partial charge in [-0.25, -0.2) is 0 Å². The van der Waals surface area contributed by atoms with Crippen LogP contribution in [0.1, 0.15) is 27.2 Å². The number of nitrogens with zero attached hydrogens (tertiary/aromatic N) is 1. The van der Waals surface area contributed by atoms with E-state index in [0.717, 1.165) is 12.0 Å². The molecule has 0 saturated carbocycles. The average molecular weight is 135 g/mol. The minimum Gasteiger partial charge on any atom is -0.193 e.